The van der Waals surface area contributed by atoms with Gasteiger partial charge in [0.15, 0.2) is 24.1 Å². The second-order valence-corrected chi connectivity index (χ2v) is 10.6. The highest BCUT2D eigenvalue weighted by Crippen LogP contribution is 2.40. The lowest BCUT2D eigenvalue weighted by Crippen LogP contribution is -2.71. The molecule has 5 rings (SSSR count). The van der Waals surface area contributed by atoms with E-state index in [0.717, 1.165) is 24.4 Å². The van der Waals surface area contributed by atoms with E-state index in [0.29, 0.717) is 16.9 Å². The Labute approximate surface area is 224 Å². The molecule has 1 saturated heterocycles. The SMILES string of the molecule is Nc1nc(C(=NOC2C=CCC2)C(=O)NC2C(=O)N3C(C(=O)O)=C(C[n+]4cccc(CO)c4)CS[C@H]23)ns1. The second-order valence-electron chi connectivity index (χ2n) is 8.71. The average molecular weight is 559 g/mol. The molecule has 2 unspecified atom stereocenters. The highest BCUT2D eigenvalue weighted by atomic mass is 32.2. The van der Waals surface area contributed by atoms with Crippen LogP contribution in [0.4, 0.5) is 5.13 Å². The molecule has 2 aliphatic heterocycles. The average Bonchev–Trinajstić information content (AvgIpc) is 3.59. The fourth-order valence-electron chi connectivity index (χ4n) is 4.33. The number of nitrogens with two attached hydrogens (primary N) is 1. The number of nitrogens with zero attached hydrogens (tertiary/aromatic N) is 5. The summed E-state index contributed by atoms with van der Waals surface area (Å²) < 4.78 is 5.80. The zero-order valence-electron chi connectivity index (χ0n) is 19.9. The minimum Gasteiger partial charge on any atom is -0.477 e. The predicted octanol–water partition coefficient (Wildman–Crippen LogP) is -0.222. The third kappa shape index (κ3) is 5.12. The van der Waals surface area contributed by atoms with Crippen molar-refractivity contribution in [2.45, 2.75) is 43.5 Å². The number of carbonyl (C=O) groups excluding carboxylic acids is 2. The Morgan fingerprint density at radius 2 is 2.24 bits per heavy atom. The van der Waals surface area contributed by atoms with Crippen LogP contribution in [0.15, 0.2) is 53.1 Å². The summed E-state index contributed by atoms with van der Waals surface area (Å²) in [6.07, 6.45) is 8.52. The zero-order valence-corrected chi connectivity index (χ0v) is 21.5. The molecule has 4 heterocycles. The Bertz CT molecular complexity index is 1370. The summed E-state index contributed by atoms with van der Waals surface area (Å²) in [7, 11) is 0. The number of hydrogen-bond donors (Lipinski definition) is 4. The van der Waals surface area contributed by atoms with Crippen LogP contribution in [0.1, 0.15) is 24.2 Å². The van der Waals surface area contributed by atoms with Crippen molar-refractivity contribution in [1.82, 2.24) is 19.6 Å². The smallest absolute Gasteiger partial charge is 0.352 e. The first-order valence-electron chi connectivity index (χ1n) is 11.7. The Hall–Kier alpha value is -3.82. The molecule has 15 heteroatoms. The topological polar surface area (TPSA) is 184 Å². The Morgan fingerprint density at radius 1 is 1.39 bits per heavy atom. The van der Waals surface area contributed by atoms with Crippen molar-refractivity contribution >= 4 is 51.9 Å². The van der Waals surface area contributed by atoms with Gasteiger partial charge in [-0.3, -0.25) is 14.5 Å². The maximum atomic E-state index is 13.2. The number of carboxylic acid groups (broad SMARTS) is 1. The molecule has 3 atom stereocenters. The molecule has 1 fully saturated rings. The molecule has 198 valence electrons. The summed E-state index contributed by atoms with van der Waals surface area (Å²) in [6.45, 7) is 0.0852. The van der Waals surface area contributed by atoms with Gasteiger partial charge >= 0.3 is 5.97 Å². The number of aliphatic hydroxyl groups excluding tert-OH is 1. The van der Waals surface area contributed by atoms with Crippen LogP contribution in [0.3, 0.4) is 0 Å². The summed E-state index contributed by atoms with van der Waals surface area (Å²) in [5.74, 6) is -2.20. The van der Waals surface area contributed by atoms with Crippen molar-refractivity contribution in [2.75, 3.05) is 11.5 Å². The zero-order chi connectivity index (χ0) is 26.8. The standard InChI is InChI=1S/C23H23N7O6S2/c24-23-26-18(28-38-23)15(27-36-14-5-1-2-6-14)19(32)25-16-20(33)30-17(22(34)35)13(11-37-21(16)30)9-29-7-3-4-12(8-29)10-31/h1,3-5,7-8,14,16,21,31H,2,6,9-11H2,(H3-,24,25,26,28,32,34,35)/p+1/t14?,16?,21-/m1/s1. The van der Waals surface area contributed by atoms with E-state index in [2.05, 4.69) is 19.8 Å². The van der Waals surface area contributed by atoms with Gasteiger partial charge in [-0.25, -0.2) is 9.36 Å². The van der Waals surface area contributed by atoms with Gasteiger partial charge in [-0.15, -0.1) is 11.8 Å². The van der Waals surface area contributed by atoms with E-state index in [1.807, 2.05) is 12.2 Å². The van der Waals surface area contributed by atoms with Crippen LogP contribution >= 0.6 is 23.3 Å². The van der Waals surface area contributed by atoms with E-state index < -0.39 is 29.2 Å². The predicted molar refractivity (Wildman–Crippen MR) is 136 cm³/mol. The van der Waals surface area contributed by atoms with Crippen LogP contribution in [0.5, 0.6) is 0 Å². The van der Waals surface area contributed by atoms with E-state index in [9.17, 15) is 24.6 Å². The van der Waals surface area contributed by atoms with Crippen molar-refractivity contribution in [2.24, 2.45) is 5.16 Å². The highest BCUT2D eigenvalue weighted by Gasteiger charge is 2.55. The van der Waals surface area contributed by atoms with Crippen molar-refractivity contribution in [1.29, 1.82) is 0 Å². The molecule has 38 heavy (non-hydrogen) atoms. The van der Waals surface area contributed by atoms with Crippen molar-refractivity contribution in [3.05, 3.63) is 59.3 Å². The quantitative estimate of drug-likeness (QED) is 0.105. The number of β-lactam (4-membered cyclic amide) rings is 1. The van der Waals surface area contributed by atoms with Gasteiger partial charge in [-0.05, 0) is 25.0 Å². The number of nitrogens with one attached hydrogen (secondary N) is 1. The second kappa shape index (κ2) is 10.9. The van der Waals surface area contributed by atoms with Crippen LogP contribution in [0.2, 0.25) is 0 Å². The molecular formula is C23H24N7O6S2+. The van der Waals surface area contributed by atoms with Crippen LogP contribution < -0.4 is 15.6 Å². The monoisotopic (exact) mass is 558 g/mol. The Balaban J connectivity index is 1.34. The number of aliphatic carboxylic acids is 1. The highest BCUT2D eigenvalue weighted by molar-refractivity contribution is 8.00. The number of carboxylic acids is 1. The maximum absolute atomic E-state index is 13.2. The van der Waals surface area contributed by atoms with Gasteiger partial charge in [0.2, 0.25) is 11.5 Å². The number of aromatic nitrogens is 3. The minimum atomic E-state index is -1.23. The number of hydrogen-bond acceptors (Lipinski definition) is 11. The van der Waals surface area contributed by atoms with Crippen molar-refractivity contribution in [3.63, 3.8) is 0 Å². The number of allylic oxidation sites excluding steroid dienone is 1. The maximum Gasteiger partial charge on any atom is 0.352 e. The summed E-state index contributed by atoms with van der Waals surface area (Å²) >= 11 is 2.24. The van der Waals surface area contributed by atoms with Crippen LogP contribution in [-0.2, 0) is 32.4 Å². The number of aliphatic hydroxyl groups is 1. The molecule has 13 nitrogen and oxygen atoms in total. The number of anilines is 1. The van der Waals surface area contributed by atoms with E-state index >= 15 is 0 Å². The minimum absolute atomic E-state index is 0.0255. The third-order valence-electron chi connectivity index (χ3n) is 6.13. The first-order chi connectivity index (χ1) is 18.4. The molecule has 3 aliphatic rings. The first kappa shape index (κ1) is 25.8. The van der Waals surface area contributed by atoms with Crippen LogP contribution in [-0.4, -0.2) is 71.2 Å². The van der Waals surface area contributed by atoms with Crippen molar-refractivity contribution < 1.29 is 34.0 Å². The van der Waals surface area contributed by atoms with Crippen LogP contribution in [0.25, 0.3) is 0 Å². The largest absolute Gasteiger partial charge is 0.477 e. The summed E-state index contributed by atoms with van der Waals surface area (Å²) in [5, 5.41) is 25.5. The molecule has 2 aromatic heterocycles. The molecule has 2 aromatic rings. The number of amides is 2. The number of thioether (sulfide) groups is 1. The number of oxime groups is 1. The molecule has 1 aliphatic carbocycles. The van der Waals surface area contributed by atoms with Gasteiger partial charge < -0.3 is 26.1 Å². The lowest BCUT2D eigenvalue weighted by atomic mass is 10.0. The lowest BCUT2D eigenvalue weighted by Gasteiger charge is -2.49. The molecule has 0 bridgehead atoms. The van der Waals surface area contributed by atoms with Gasteiger partial charge in [-0.1, -0.05) is 11.2 Å². The number of carbonyl (C=O) groups is 3. The third-order valence-corrected chi connectivity index (χ3v) is 8.01. The number of rotatable bonds is 9. The van der Waals surface area contributed by atoms with E-state index in [1.54, 1.807) is 29.1 Å². The van der Waals surface area contributed by atoms with E-state index in [1.165, 1.54) is 16.7 Å². The summed E-state index contributed by atoms with van der Waals surface area (Å²) in [4.78, 5) is 49.2. The Morgan fingerprint density at radius 3 is 2.92 bits per heavy atom. The number of fused-ring (bicyclic) bond motifs is 1. The molecule has 0 radical (unpaired) electrons. The summed E-state index contributed by atoms with van der Waals surface area (Å²) in [6, 6.07) is 2.53. The summed E-state index contributed by atoms with van der Waals surface area (Å²) in [5.41, 5.74) is 6.57. The first-order valence-corrected chi connectivity index (χ1v) is 13.5. The van der Waals surface area contributed by atoms with E-state index in [4.69, 9.17) is 10.6 Å². The van der Waals surface area contributed by atoms with Gasteiger partial charge in [0.1, 0.15) is 23.2 Å². The molecular weight excluding hydrogens is 534 g/mol. The Kier molecular flexibility index (Phi) is 7.40. The normalized spacial score (nSPS) is 22.8. The van der Waals surface area contributed by atoms with Gasteiger partial charge in [0.05, 0.1) is 6.61 Å². The van der Waals surface area contributed by atoms with Gasteiger partial charge in [0.25, 0.3) is 11.8 Å². The van der Waals surface area contributed by atoms with Gasteiger partial charge in [0, 0.05) is 34.5 Å². The molecule has 0 aromatic carbocycles. The molecule has 5 N–H and O–H groups in total. The lowest BCUT2D eigenvalue weighted by molar-refractivity contribution is -0.689. The molecule has 0 saturated carbocycles. The fourth-order valence-corrected chi connectivity index (χ4v) is 6.10. The van der Waals surface area contributed by atoms with Crippen LogP contribution in [0, 0.1) is 0 Å². The van der Waals surface area contributed by atoms with Crippen molar-refractivity contribution in [3.8, 4) is 0 Å². The molecule has 0 spiro atoms. The van der Waals surface area contributed by atoms with Gasteiger partial charge in [-0.2, -0.15) is 9.36 Å². The molecule has 2 amide bonds. The van der Waals surface area contributed by atoms with E-state index in [-0.39, 0.29) is 41.6 Å². The fraction of sp³-hybridized carbons (Fsp3) is 0.348. The number of nitrogen functional groups attached to an aromatic ring is 1. The number of pyridine rings is 1.